The molecular weight excluding hydrogens is 538 g/mol. The minimum absolute atomic E-state index is 0.0326. The standard InChI is InChI=1S/C29H34ClN3O5S/c1-5-25(29(35)31-4)32(19-22-12-8-7-11-21(22)3)28(34)20-33(26-13-9-10-14-27(26)38-6-2)39(36,37)24-17-15-23(30)16-18-24/h7-18,25H,5-6,19-20H2,1-4H3,(H,31,35). The average molecular weight is 572 g/mol. The fourth-order valence-electron chi connectivity index (χ4n) is 4.24. The van der Waals surface area contributed by atoms with Gasteiger partial charge in [-0.15, -0.1) is 0 Å². The van der Waals surface area contributed by atoms with Crippen LogP contribution in [0.1, 0.15) is 31.4 Å². The Morgan fingerprint density at radius 2 is 1.62 bits per heavy atom. The van der Waals surface area contributed by atoms with E-state index in [1.807, 2.05) is 38.1 Å². The lowest BCUT2D eigenvalue weighted by atomic mass is 10.1. The lowest BCUT2D eigenvalue weighted by Gasteiger charge is -2.33. The van der Waals surface area contributed by atoms with Crippen molar-refractivity contribution in [3.63, 3.8) is 0 Å². The third kappa shape index (κ3) is 7.10. The first-order chi connectivity index (χ1) is 18.6. The van der Waals surface area contributed by atoms with Gasteiger partial charge in [0.05, 0.1) is 17.2 Å². The quantitative estimate of drug-likeness (QED) is 0.337. The van der Waals surface area contributed by atoms with E-state index in [2.05, 4.69) is 5.32 Å². The second kappa shape index (κ2) is 13.5. The summed E-state index contributed by atoms with van der Waals surface area (Å²) in [5, 5.41) is 3.01. The summed E-state index contributed by atoms with van der Waals surface area (Å²) in [6.45, 7) is 5.42. The molecule has 0 fully saturated rings. The van der Waals surface area contributed by atoms with Gasteiger partial charge in [-0.1, -0.05) is 54.9 Å². The van der Waals surface area contributed by atoms with Crippen LogP contribution >= 0.6 is 11.6 Å². The Balaban J connectivity index is 2.12. The Kier molecular flexibility index (Phi) is 10.4. The number of benzene rings is 3. The van der Waals surface area contributed by atoms with Crippen LogP contribution in [0.4, 0.5) is 5.69 Å². The molecule has 0 heterocycles. The number of para-hydroxylation sites is 2. The molecule has 3 rings (SSSR count). The van der Waals surface area contributed by atoms with Crippen molar-refractivity contribution >= 4 is 39.1 Å². The monoisotopic (exact) mass is 571 g/mol. The van der Waals surface area contributed by atoms with Gasteiger partial charge >= 0.3 is 0 Å². The first-order valence-corrected chi connectivity index (χ1v) is 14.5. The fraction of sp³-hybridized carbons (Fsp3) is 0.310. The minimum Gasteiger partial charge on any atom is -0.492 e. The molecule has 208 valence electrons. The molecule has 0 spiro atoms. The third-order valence-corrected chi connectivity index (χ3v) is 8.37. The van der Waals surface area contributed by atoms with E-state index in [9.17, 15) is 18.0 Å². The van der Waals surface area contributed by atoms with E-state index < -0.39 is 28.5 Å². The number of likely N-dealkylation sites (N-methyl/N-ethyl adjacent to an activating group) is 1. The largest absolute Gasteiger partial charge is 0.492 e. The van der Waals surface area contributed by atoms with E-state index in [0.29, 0.717) is 23.8 Å². The number of carbonyl (C=O) groups excluding carboxylic acids is 2. The van der Waals surface area contributed by atoms with E-state index in [-0.39, 0.29) is 23.0 Å². The van der Waals surface area contributed by atoms with Crippen LogP contribution in [0.25, 0.3) is 0 Å². The molecule has 8 nitrogen and oxygen atoms in total. The number of rotatable bonds is 12. The van der Waals surface area contributed by atoms with Crippen molar-refractivity contribution in [1.82, 2.24) is 10.2 Å². The van der Waals surface area contributed by atoms with Gasteiger partial charge in [-0.3, -0.25) is 13.9 Å². The number of anilines is 1. The summed E-state index contributed by atoms with van der Waals surface area (Å²) in [6, 6.07) is 19.2. The zero-order chi connectivity index (χ0) is 28.6. The van der Waals surface area contributed by atoms with Gasteiger partial charge in [0.2, 0.25) is 11.8 Å². The van der Waals surface area contributed by atoms with E-state index >= 15 is 0 Å². The zero-order valence-corrected chi connectivity index (χ0v) is 24.1. The number of sulfonamides is 1. The van der Waals surface area contributed by atoms with Crippen molar-refractivity contribution in [1.29, 1.82) is 0 Å². The van der Waals surface area contributed by atoms with Gasteiger partial charge in [0, 0.05) is 18.6 Å². The summed E-state index contributed by atoms with van der Waals surface area (Å²) >= 11 is 6.01. The molecule has 0 aliphatic heterocycles. The Morgan fingerprint density at radius 1 is 0.974 bits per heavy atom. The second-order valence-corrected chi connectivity index (χ2v) is 11.2. The second-order valence-electron chi connectivity index (χ2n) is 8.85. The van der Waals surface area contributed by atoms with Crippen LogP contribution in [0, 0.1) is 6.92 Å². The van der Waals surface area contributed by atoms with Gasteiger partial charge in [0.25, 0.3) is 10.0 Å². The number of aryl methyl sites for hydroxylation is 1. The number of amides is 2. The highest BCUT2D eigenvalue weighted by Crippen LogP contribution is 2.33. The van der Waals surface area contributed by atoms with Crippen LogP contribution in [-0.2, 0) is 26.2 Å². The number of nitrogens with one attached hydrogen (secondary N) is 1. The summed E-state index contributed by atoms with van der Waals surface area (Å²) in [5.74, 6) is -0.548. The smallest absolute Gasteiger partial charge is 0.264 e. The third-order valence-electron chi connectivity index (χ3n) is 6.35. The number of nitrogens with zero attached hydrogens (tertiary/aromatic N) is 2. The number of hydrogen-bond acceptors (Lipinski definition) is 5. The molecule has 1 unspecified atom stereocenters. The molecule has 39 heavy (non-hydrogen) atoms. The van der Waals surface area contributed by atoms with Crippen LogP contribution in [0.15, 0.2) is 77.7 Å². The van der Waals surface area contributed by atoms with Crippen LogP contribution in [0.5, 0.6) is 5.75 Å². The normalized spacial score (nSPS) is 11.9. The Bertz CT molecular complexity index is 1400. The van der Waals surface area contributed by atoms with Gasteiger partial charge in [-0.2, -0.15) is 0 Å². The van der Waals surface area contributed by atoms with Crippen LogP contribution in [-0.4, -0.2) is 51.4 Å². The highest BCUT2D eigenvalue weighted by atomic mass is 35.5. The number of ether oxygens (including phenoxy) is 1. The molecule has 0 aromatic heterocycles. The van der Waals surface area contributed by atoms with Crippen molar-refractivity contribution in [2.24, 2.45) is 0 Å². The number of halogens is 1. The van der Waals surface area contributed by atoms with E-state index in [4.69, 9.17) is 16.3 Å². The fourth-order valence-corrected chi connectivity index (χ4v) is 5.80. The summed E-state index contributed by atoms with van der Waals surface area (Å²) < 4.78 is 34.7. The van der Waals surface area contributed by atoms with Crippen molar-refractivity contribution in [2.75, 3.05) is 24.5 Å². The molecule has 3 aromatic rings. The Labute approximate surface area is 235 Å². The molecule has 3 aromatic carbocycles. The molecule has 1 N–H and O–H groups in total. The van der Waals surface area contributed by atoms with Crippen molar-refractivity contribution in [3.8, 4) is 5.75 Å². The molecular formula is C29H34ClN3O5S. The molecule has 1 atom stereocenters. The van der Waals surface area contributed by atoms with Gasteiger partial charge in [0.15, 0.2) is 0 Å². The molecule has 0 radical (unpaired) electrons. The lowest BCUT2D eigenvalue weighted by molar-refractivity contribution is -0.140. The minimum atomic E-state index is -4.23. The number of carbonyl (C=O) groups is 2. The predicted octanol–water partition coefficient (Wildman–Crippen LogP) is 4.80. The van der Waals surface area contributed by atoms with E-state index in [1.165, 1.54) is 36.2 Å². The van der Waals surface area contributed by atoms with Gasteiger partial charge in [-0.05, 0) is 67.8 Å². The lowest BCUT2D eigenvalue weighted by Crippen LogP contribution is -2.51. The predicted molar refractivity (Wildman–Crippen MR) is 153 cm³/mol. The maximum Gasteiger partial charge on any atom is 0.264 e. The zero-order valence-electron chi connectivity index (χ0n) is 22.6. The van der Waals surface area contributed by atoms with Crippen LogP contribution in [0.3, 0.4) is 0 Å². The number of hydrogen-bond donors (Lipinski definition) is 1. The van der Waals surface area contributed by atoms with Gasteiger partial charge < -0.3 is 15.0 Å². The van der Waals surface area contributed by atoms with E-state index in [0.717, 1.165) is 15.4 Å². The maximum absolute atomic E-state index is 14.0. The van der Waals surface area contributed by atoms with Crippen molar-refractivity contribution < 1.29 is 22.7 Å². The molecule has 2 amide bonds. The molecule has 0 aliphatic rings. The molecule has 0 saturated heterocycles. The maximum atomic E-state index is 14.0. The Hall–Kier alpha value is -3.56. The first-order valence-electron chi connectivity index (χ1n) is 12.7. The molecule has 10 heteroatoms. The molecule has 0 bridgehead atoms. The summed E-state index contributed by atoms with van der Waals surface area (Å²) in [7, 11) is -2.72. The first kappa shape index (κ1) is 30.0. The SMILES string of the molecule is CCOc1ccccc1N(CC(=O)N(Cc1ccccc1C)C(CC)C(=O)NC)S(=O)(=O)c1ccc(Cl)cc1. The molecule has 0 aliphatic carbocycles. The van der Waals surface area contributed by atoms with Gasteiger partial charge in [-0.25, -0.2) is 8.42 Å². The highest BCUT2D eigenvalue weighted by Gasteiger charge is 2.34. The molecule has 0 saturated carbocycles. The Morgan fingerprint density at radius 3 is 2.23 bits per heavy atom. The average Bonchev–Trinajstić information content (AvgIpc) is 2.93. The highest BCUT2D eigenvalue weighted by molar-refractivity contribution is 7.92. The summed E-state index contributed by atoms with van der Waals surface area (Å²) in [6.07, 6.45) is 0.344. The summed E-state index contributed by atoms with van der Waals surface area (Å²) in [5.41, 5.74) is 2.02. The van der Waals surface area contributed by atoms with Crippen LogP contribution in [0.2, 0.25) is 5.02 Å². The van der Waals surface area contributed by atoms with Crippen molar-refractivity contribution in [3.05, 3.63) is 88.9 Å². The van der Waals surface area contributed by atoms with Gasteiger partial charge in [0.1, 0.15) is 18.3 Å². The topological polar surface area (TPSA) is 96.0 Å². The van der Waals surface area contributed by atoms with E-state index in [1.54, 1.807) is 31.2 Å². The van der Waals surface area contributed by atoms with Crippen LogP contribution < -0.4 is 14.4 Å². The summed E-state index contributed by atoms with van der Waals surface area (Å²) in [4.78, 5) is 28.3. The van der Waals surface area contributed by atoms with Crippen molar-refractivity contribution in [2.45, 2.75) is 44.7 Å².